The highest BCUT2D eigenvalue weighted by molar-refractivity contribution is 7.98. The van der Waals surface area contributed by atoms with Gasteiger partial charge in [0.25, 0.3) is 5.69 Å². The molecule has 1 atom stereocenters. The average molecular weight is 319 g/mol. The van der Waals surface area contributed by atoms with Crippen LogP contribution in [0.1, 0.15) is 23.7 Å². The molecule has 0 aliphatic carbocycles. The van der Waals surface area contributed by atoms with Crippen molar-refractivity contribution >= 4 is 40.7 Å². The van der Waals surface area contributed by atoms with Gasteiger partial charge in [-0.2, -0.15) is 11.8 Å². The number of non-ortho nitro benzene ring substituents is 1. The Morgan fingerprint density at radius 1 is 1.60 bits per heavy atom. The van der Waals surface area contributed by atoms with Crippen molar-refractivity contribution in [3.63, 3.8) is 0 Å². The van der Waals surface area contributed by atoms with Crippen LogP contribution in [0.4, 0.5) is 11.4 Å². The lowest BCUT2D eigenvalue weighted by Crippen LogP contribution is -2.18. The number of thioether (sulfide) groups is 1. The van der Waals surface area contributed by atoms with Crippen LogP contribution in [0.3, 0.4) is 0 Å². The first kappa shape index (κ1) is 16.6. The highest BCUT2D eigenvalue weighted by Gasteiger charge is 2.21. The third-order valence-electron chi connectivity index (χ3n) is 2.66. The summed E-state index contributed by atoms with van der Waals surface area (Å²) >= 11 is 7.65. The van der Waals surface area contributed by atoms with Crippen molar-refractivity contribution in [1.29, 1.82) is 0 Å². The van der Waals surface area contributed by atoms with E-state index < -0.39 is 10.9 Å². The average Bonchev–Trinajstić information content (AvgIpc) is 2.37. The summed E-state index contributed by atoms with van der Waals surface area (Å²) in [5.74, 6) is -0.337. The maximum absolute atomic E-state index is 11.2. The fraction of sp³-hybridized carbons (Fsp3) is 0.417. The molecule has 0 bridgehead atoms. The molecule has 0 radical (unpaired) electrons. The van der Waals surface area contributed by atoms with Crippen molar-refractivity contribution < 1.29 is 14.8 Å². The van der Waals surface area contributed by atoms with Crippen molar-refractivity contribution in [3.8, 4) is 0 Å². The Labute approximate surface area is 125 Å². The fourth-order valence-electron chi connectivity index (χ4n) is 1.63. The molecule has 1 unspecified atom stereocenters. The monoisotopic (exact) mass is 318 g/mol. The number of hydrogen-bond acceptors (Lipinski definition) is 5. The number of benzene rings is 1. The molecule has 1 rings (SSSR count). The Bertz CT molecular complexity index is 524. The Hall–Kier alpha value is -1.47. The Balaban J connectivity index is 3.11. The maximum Gasteiger partial charge on any atom is 0.338 e. The molecule has 0 amide bonds. The number of nitrogens with one attached hydrogen (secondary N) is 1. The van der Waals surface area contributed by atoms with Crippen LogP contribution in [-0.4, -0.2) is 34.0 Å². The third-order valence-corrected chi connectivity index (χ3v) is 3.60. The van der Waals surface area contributed by atoms with Crippen LogP contribution < -0.4 is 5.32 Å². The summed E-state index contributed by atoms with van der Waals surface area (Å²) in [4.78, 5) is 21.3. The SMILES string of the molecule is CSCCC(C)Nc1c(Cl)cc([N+](=O)[O-])cc1C(=O)O. The van der Waals surface area contributed by atoms with Crippen molar-refractivity contribution in [3.05, 3.63) is 32.8 Å². The molecule has 0 fully saturated rings. The smallest absolute Gasteiger partial charge is 0.338 e. The summed E-state index contributed by atoms with van der Waals surface area (Å²) in [5, 5.41) is 22.9. The maximum atomic E-state index is 11.2. The first-order valence-electron chi connectivity index (χ1n) is 5.83. The number of carboxylic acids is 1. The molecule has 1 aromatic rings. The fourth-order valence-corrected chi connectivity index (χ4v) is 2.48. The molecular formula is C12H15ClN2O4S. The number of carbonyl (C=O) groups is 1. The van der Waals surface area contributed by atoms with Gasteiger partial charge in [-0.25, -0.2) is 4.79 Å². The highest BCUT2D eigenvalue weighted by atomic mass is 35.5. The molecule has 20 heavy (non-hydrogen) atoms. The van der Waals surface area contributed by atoms with E-state index in [0.717, 1.165) is 24.3 Å². The lowest BCUT2D eigenvalue weighted by Gasteiger charge is -2.17. The Kier molecular flexibility index (Phi) is 6.09. The van der Waals surface area contributed by atoms with Gasteiger partial charge in [-0.05, 0) is 25.4 Å². The van der Waals surface area contributed by atoms with Crippen LogP contribution in [0.2, 0.25) is 5.02 Å². The molecule has 0 saturated carbocycles. The molecular weight excluding hydrogens is 304 g/mol. The standard InChI is InChI=1S/C12H15ClN2O4S/c1-7(3-4-20-2)14-11-9(12(16)17)5-8(15(18)19)6-10(11)13/h5-7,14H,3-4H2,1-2H3,(H,16,17). The molecule has 0 spiro atoms. The van der Waals surface area contributed by atoms with E-state index in [1.54, 1.807) is 11.8 Å². The predicted octanol–water partition coefficient (Wildman–Crippen LogP) is 3.50. The largest absolute Gasteiger partial charge is 0.478 e. The van der Waals surface area contributed by atoms with Crippen LogP contribution in [0.15, 0.2) is 12.1 Å². The van der Waals surface area contributed by atoms with E-state index in [1.165, 1.54) is 0 Å². The van der Waals surface area contributed by atoms with Gasteiger partial charge >= 0.3 is 5.97 Å². The molecule has 0 saturated heterocycles. The minimum Gasteiger partial charge on any atom is -0.478 e. The van der Waals surface area contributed by atoms with Gasteiger partial charge in [0.15, 0.2) is 0 Å². The van der Waals surface area contributed by atoms with E-state index in [9.17, 15) is 14.9 Å². The number of hydrogen-bond donors (Lipinski definition) is 2. The van der Waals surface area contributed by atoms with Gasteiger partial charge in [-0.3, -0.25) is 10.1 Å². The second-order valence-corrected chi connectivity index (χ2v) is 5.63. The van der Waals surface area contributed by atoms with Crippen LogP contribution in [0, 0.1) is 10.1 Å². The first-order valence-corrected chi connectivity index (χ1v) is 7.60. The normalized spacial score (nSPS) is 11.9. The molecule has 1 aromatic carbocycles. The predicted molar refractivity (Wildman–Crippen MR) is 81.1 cm³/mol. The zero-order chi connectivity index (χ0) is 15.3. The summed E-state index contributed by atoms with van der Waals surface area (Å²) in [6.07, 6.45) is 2.81. The van der Waals surface area contributed by atoms with Crippen molar-refractivity contribution in [2.24, 2.45) is 0 Å². The number of nitrogens with zero attached hydrogens (tertiary/aromatic N) is 1. The van der Waals surface area contributed by atoms with E-state index in [-0.39, 0.29) is 28.0 Å². The summed E-state index contributed by atoms with van der Waals surface area (Å²) in [5.41, 5.74) is -0.312. The molecule has 0 aliphatic rings. The van der Waals surface area contributed by atoms with E-state index in [1.807, 2.05) is 13.2 Å². The van der Waals surface area contributed by atoms with Gasteiger partial charge in [0.1, 0.15) is 0 Å². The van der Waals surface area contributed by atoms with Gasteiger partial charge in [0, 0.05) is 18.2 Å². The lowest BCUT2D eigenvalue weighted by atomic mass is 10.1. The topological polar surface area (TPSA) is 92.5 Å². The number of rotatable bonds is 7. The van der Waals surface area contributed by atoms with Crippen molar-refractivity contribution in [1.82, 2.24) is 0 Å². The van der Waals surface area contributed by atoms with Crippen LogP contribution in [0.25, 0.3) is 0 Å². The highest BCUT2D eigenvalue weighted by Crippen LogP contribution is 2.32. The van der Waals surface area contributed by atoms with Gasteiger partial charge in [0.2, 0.25) is 0 Å². The number of nitro benzene ring substituents is 1. The summed E-state index contributed by atoms with van der Waals surface area (Å²) in [6, 6.07) is 2.18. The van der Waals surface area contributed by atoms with Crippen molar-refractivity contribution in [2.45, 2.75) is 19.4 Å². The number of aromatic carboxylic acids is 1. The third kappa shape index (κ3) is 4.28. The molecule has 8 heteroatoms. The van der Waals surface area contributed by atoms with Gasteiger partial charge in [0.05, 0.1) is 21.2 Å². The zero-order valence-corrected chi connectivity index (χ0v) is 12.6. The number of carboxylic acid groups (broad SMARTS) is 1. The zero-order valence-electron chi connectivity index (χ0n) is 11.1. The van der Waals surface area contributed by atoms with E-state index in [4.69, 9.17) is 16.7 Å². The summed E-state index contributed by atoms with van der Waals surface area (Å²) in [7, 11) is 0. The minimum atomic E-state index is -1.25. The molecule has 0 aromatic heterocycles. The molecule has 6 nitrogen and oxygen atoms in total. The van der Waals surface area contributed by atoms with Crippen molar-refractivity contribution in [2.75, 3.05) is 17.3 Å². The molecule has 110 valence electrons. The number of halogens is 1. The van der Waals surface area contributed by atoms with E-state index >= 15 is 0 Å². The number of nitro groups is 1. The molecule has 0 aliphatic heterocycles. The Morgan fingerprint density at radius 3 is 2.75 bits per heavy atom. The quantitative estimate of drug-likeness (QED) is 0.590. The minimum absolute atomic E-state index is 0.0134. The molecule has 0 heterocycles. The van der Waals surface area contributed by atoms with E-state index in [0.29, 0.717) is 0 Å². The number of anilines is 1. The Morgan fingerprint density at radius 2 is 2.25 bits per heavy atom. The summed E-state index contributed by atoms with van der Waals surface area (Å²) < 4.78 is 0. The van der Waals surface area contributed by atoms with Gasteiger partial charge < -0.3 is 10.4 Å². The van der Waals surface area contributed by atoms with Gasteiger partial charge in [-0.15, -0.1) is 0 Å². The second kappa shape index (κ2) is 7.35. The van der Waals surface area contributed by atoms with Crippen LogP contribution in [-0.2, 0) is 0 Å². The molecule has 2 N–H and O–H groups in total. The first-order chi connectivity index (χ1) is 9.36. The van der Waals surface area contributed by atoms with Crippen LogP contribution in [0.5, 0.6) is 0 Å². The lowest BCUT2D eigenvalue weighted by molar-refractivity contribution is -0.384. The second-order valence-electron chi connectivity index (χ2n) is 4.24. The van der Waals surface area contributed by atoms with E-state index in [2.05, 4.69) is 5.32 Å². The van der Waals surface area contributed by atoms with Gasteiger partial charge in [-0.1, -0.05) is 11.6 Å². The summed E-state index contributed by atoms with van der Waals surface area (Å²) in [6.45, 7) is 1.90. The van der Waals surface area contributed by atoms with Crippen LogP contribution >= 0.6 is 23.4 Å².